The number of hydrogen-bond donors (Lipinski definition) is 2. The summed E-state index contributed by atoms with van der Waals surface area (Å²) in [6.07, 6.45) is 0.869. The summed E-state index contributed by atoms with van der Waals surface area (Å²) < 4.78 is 6.43. The Labute approximate surface area is 168 Å². The van der Waals surface area contributed by atoms with Crippen molar-refractivity contribution in [2.24, 2.45) is 5.92 Å². The van der Waals surface area contributed by atoms with Crippen LogP contribution in [-0.4, -0.2) is 25.0 Å². The topological polar surface area (TPSA) is 67.4 Å². The summed E-state index contributed by atoms with van der Waals surface area (Å²) in [6, 6.07) is 12.1. The number of carbonyl (C=O) groups excluding carboxylic acids is 2. The first-order valence-corrected chi connectivity index (χ1v) is 9.82. The van der Waals surface area contributed by atoms with Gasteiger partial charge in [0.05, 0.1) is 11.1 Å². The molecule has 0 spiro atoms. The van der Waals surface area contributed by atoms with Crippen LogP contribution in [0, 0.1) is 5.92 Å². The van der Waals surface area contributed by atoms with Crippen LogP contribution in [0.4, 0.5) is 5.69 Å². The van der Waals surface area contributed by atoms with Crippen LogP contribution in [-0.2, 0) is 0 Å². The van der Waals surface area contributed by atoms with Gasteiger partial charge in [-0.2, -0.15) is 0 Å². The van der Waals surface area contributed by atoms with Gasteiger partial charge in [-0.1, -0.05) is 26.8 Å². The average molecular weight is 433 g/mol. The number of nitrogens with one attached hydrogen (secondary N) is 2. The van der Waals surface area contributed by atoms with Gasteiger partial charge in [0.2, 0.25) is 0 Å². The molecule has 0 unspecified atom stereocenters. The number of ether oxygens (including phenoxy) is 1. The molecule has 0 aliphatic carbocycles. The highest BCUT2D eigenvalue weighted by Gasteiger charge is 2.12. The van der Waals surface area contributed by atoms with E-state index in [4.69, 9.17) is 4.74 Å². The molecule has 0 fully saturated rings. The largest absolute Gasteiger partial charge is 0.492 e. The molecule has 0 heterocycles. The molecule has 0 radical (unpaired) electrons. The molecule has 2 N–H and O–H groups in total. The molecular weight excluding hydrogens is 408 g/mol. The molecule has 0 saturated carbocycles. The second kappa shape index (κ2) is 10.1. The highest BCUT2D eigenvalue weighted by atomic mass is 79.9. The van der Waals surface area contributed by atoms with Crippen molar-refractivity contribution in [2.75, 3.05) is 18.5 Å². The van der Waals surface area contributed by atoms with Crippen LogP contribution in [0.1, 0.15) is 47.9 Å². The van der Waals surface area contributed by atoms with E-state index in [0.29, 0.717) is 41.6 Å². The maximum Gasteiger partial charge on any atom is 0.255 e. The summed E-state index contributed by atoms with van der Waals surface area (Å²) in [5, 5.41) is 5.65. The van der Waals surface area contributed by atoms with Crippen molar-refractivity contribution in [3.05, 3.63) is 58.1 Å². The third kappa shape index (κ3) is 6.40. The lowest BCUT2D eigenvalue weighted by molar-refractivity contribution is 0.0952. The van der Waals surface area contributed by atoms with Gasteiger partial charge in [0, 0.05) is 23.4 Å². The normalized spacial score (nSPS) is 10.6. The van der Waals surface area contributed by atoms with Gasteiger partial charge in [0.25, 0.3) is 11.8 Å². The lowest BCUT2D eigenvalue weighted by Crippen LogP contribution is -2.24. The first-order valence-electron chi connectivity index (χ1n) is 9.02. The number of halogens is 1. The van der Waals surface area contributed by atoms with E-state index < -0.39 is 0 Å². The smallest absolute Gasteiger partial charge is 0.255 e. The highest BCUT2D eigenvalue weighted by Crippen LogP contribution is 2.27. The van der Waals surface area contributed by atoms with Gasteiger partial charge in [0.15, 0.2) is 0 Å². The van der Waals surface area contributed by atoms with E-state index >= 15 is 0 Å². The molecule has 2 amide bonds. The third-order valence-corrected chi connectivity index (χ3v) is 4.30. The molecule has 0 aromatic heterocycles. The van der Waals surface area contributed by atoms with Crippen molar-refractivity contribution >= 4 is 33.4 Å². The molecule has 2 rings (SSSR count). The Morgan fingerprint density at radius 2 is 1.81 bits per heavy atom. The van der Waals surface area contributed by atoms with Gasteiger partial charge in [-0.3, -0.25) is 9.59 Å². The maximum atomic E-state index is 12.5. The summed E-state index contributed by atoms with van der Waals surface area (Å²) in [6.45, 7) is 7.37. The third-order valence-electron chi connectivity index (χ3n) is 3.68. The lowest BCUT2D eigenvalue weighted by Gasteiger charge is -2.12. The lowest BCUT2D eigenvalue weighted by atomic mass is 10.1. The molecule has 5 nitrogen and oxygen atoms in total. The van der Waals surface area contributed by atoms with Gasteiger partial charge in [0.1, 0.15) is 5.75 Å². The van der Waals surface area contributed by atoms with E-state index in [1.807, 2.05) is 6.92 Å². The average Bonchev–Trinajstić information content (AvgIpc) is 2.65. The Balaban J connectivity index is 2.06. The molecule has 6 heteroatoms. The minimum absolute atomic E-state index is 0.151. The molecule has 2 aromatic rings. The molecule has 2 aromatic carbocycles. The molecule has 0 aliphatic heterocycles. The predicted octanol–water partition coefficient (Wildman–Crippen LogP) is 4.88. The minimum Gasteiger partial charge on any atom is -0.492 e. The molecule has 0 saturated heterocycles. The zero-order valence-electron chi connectivity index (χ0n) is 15.8. The fraction of sp³-hybridized carbons (Fsp3) is 0.333. The number of amides is 2. The maximum absolute atomic E-state index is 12.5. The Morgan fingerprint density at radius 3 is 2.48 bits per heavy atom. The number of anilines is 1. The summed E-state index contributed by atoms with van der Waals surface area (Å²) in [5.41, 5.74) is 1.58. The van der Waals surface area contributed by atoms with Crippen molar-refractivity contribution in [3.8, 4) is 5.75 Å². The molecule has 0 atom stereocenters. The first kappa shape index (κ1) is 21.0. The van der Waals surface area contributed by atoms with Crippen molar-refractivity contribution in [1.82, 2.24) is 5.32 Å². The van der Waals surface area contributed by atoms with Gasteiger partial charge < -0.3 is 15.4 Å². The fourth-order valence-electron chi connectivity index (χ4n) is 2.30. The first-order chi connectivity index (χ1) is 12.9. The van der Waals surface area contributed by atoms with Gasteiger partial charge in [-0.15, -0.1) is 0 Å². The van der Waals surface area contributed by atoms with Crippen molar-refractivity contribution < 1.29 is 14.3 Å². The van der Waals surface area contributed by atoms with Crippen molar-refractivity contribution in [3.63, 3.8) is 0 Å². The zero-order valence-corrected chi connectivity index (χ0v) is 17.4. The molecule has 27 heavy (non-hydrogen) atoms. The standard InChI is InChI=1S/C21H25BrN2O3/c1-4-10-23-20(25)15-6-5-7-17(11-15)24-21(26)16-8-9-19(18(22)12-16)27-13-14(2)3/h5-9,11-12,14H,4,10,13H2,1-3H3,(H,23,25)(H,24,26). The Hall–Kier alpha value is -2.34. The van der Waals surface area contributed by atoms with Gasteiger partial charge in [-0.05, 0) is 64.7 Å². The monoisotopic (exact) mass is 432 g/mol. The van der Waals surface area contributed by atoms with Crippen LogP contribution >= 0.6 is 15.9 Å². The summed E-state index contributed by atoms with van der Waals surface area (Å²) in [7, 11) is 0. The number of hydrogen-bond acceptors (Lipinski definition) is 3. The zero-order chi connectivity index (χ0) is 19.8. The van der Waals surface area contributed by atoms with Gasteiger partial charge >= 0.3 is 0 Å². The number of rotatable bonds is 8. The second-order valence-electron chi connectivity index (χ2n) is 6.64. The van der Waals surface area contributed by atoms with E-state index in [1.54, 1.807) is 42.5 Å². The Kier molecular flexibility index (Phi) is 7.85. The van der Waals surface area contributed by atoms with Crippen LogP contribution in [0.25, 0.3) is 0 Å². The Morgan fingerprint density at radius 1 is 1.07 bits per heavy atom. The van der Waals surface area contributed by atoms with Crippen LogP contribution in [0.3, 0.4) is 0 Å². The molecule has 0 bridgehead atoms. The van der Waals surface area contributed by atoms with Crippen LogP contribution in [0.15, 0.2) is 46.9 Å². The van der Waals surface area contributed by atoms with Crippen LogP contribution in [0.5, 0.6) is 5.75 Å². The van der Waals surface area contributed by atoms with Crippen molar-refractivity contribution in [2.45, 2.75) is 27.2 Å². The van der Waals surface area contributed by atoms with E-state index in [2.05, 4.69) is 40.4 Å². The fourth-order valence-corrected chi connectivity index (χ4v) is 2.79. The molecular formula is C21H25BrN2O3. The molecule has 144 valence electrons. The summed E-state index contributed by atoms with van der Waals surface area (Å²) >= 11 is 3.45. The van der Waals surface area contributed by atoms with Crippen molar-refractivity contribution in [1.29, 1.82) is 0 Å². The van der Waals surface area contributed by atoms with E-state index in [-0.39, 0.29) is 11.8 Å². The van der Waals surface area contributed by atoms with E-state index in [1.165, 1.54) is 0 Å². The Bertz CT molecular complexity index is 806. The summed E-state index contributed by atoms with van der Waals surface area (Å²) in [5.74, 6) is 0.719. The predicted molar refractivity (Wildman–Crippen MR) is 111 cm³/mol. The van der Waals surface area contributed by atoms with E-state index in [0.717, 1.165) is 10.9 Å². The number of carbonyl (C=O) groups is 2. The highest BCUT2D eigenvalue weighted by molar-refractivity contribution is 9.10. The molecule has 0 aliphatic rings. The van der Waals surface area contributed by atoms with Crippen LogP contribution < -0.4 is 15.4 Å². The SMILES string of the molecule is CCCNC(=O)c1cccc(NC(=O)c2ccc(OCC(C)C)c(Br)c2)c1. The van der Waals surface area contributed by atoms with Gasteiger partial charge in [-0.25, -0.2) is 0 Å². The van der Waals surface area contributed by atoms with Crippen LogP contribution in [0.2, 0.25) is 0 Å². The second-order valence-corrected chi connectivity index (χ2v) is 7.50. The van der Waals surface area contributed by atoms with E-state index in [9.17, 15) is 9.59 Å². The summed E-state index contributed by atoms with van der Waals surface area (Å²) in [4.78, 5) is 24.6. The quantitative estimate of drug-likeness (QED) is 0.624. The minimum atomic E-state index is -0.253. The number of benzene rings is 2.